The molecule has 0 aromatic rings. The van der Waals surface area contributed by atoms with E-state index in [4.69, 9.17) is 9.47 Å². The third-order valence-electron chi connectivity index (χ3n) is 3.51. The van der Waals surface area contributed by atoms with E-state index >= 15 is 0 Å². The van der Waals surface area contributed by atoms with Gasteiger partial charge in [-0.25, -0.2) is 0 Å². The fourth-order valence-corrected chi connectivity index (χ4v) is 2.46. The Labute approximate surface area is 112 Å². The quantitative estimate of drug-likeness (QED) is 0.699. The smallest absolute Gasteiger partial charge is 0.0593 e. The normalized spacial score (nSPS) is 22.3. The van der Waals surface area contributed by atoms with Gasteiger partial charge < -0.3 is 14.8 Å². The first-order valence-corrected chi connectivity index (χ1v) is 7.07. The highest BCUT2D eigenvalue weighted by Gasteiger charge is 2.31. The topological polar surface area (TPSA) is 33.7 Å². The molecule has 0 bridgehead atoms. The Morgan fingerprint density at radius 1 is 1.22 bits per heavy atom. The van der Waals surface area contributed by atoms with Gasteiger partial charge in [-0.2, -0.15) is 0 Å². The van der Waals surface area contributed by atoms with Gasteiger partial charge >= 0.3 is 0 Å². The summed E-state index contributed by atoms with van der Waals surface area (Å²) in [6.07, 6.45) is 0.987. The Balaban J connectivity index is 2.21. The summed E-state index contributed by atoms with van der Waals surface area (Å²) in [5, 5.41) is 3.49. The fraction of sp³-hybridized carbons (Fsp3) is 1.00. The van der Waals surface area contributed by atoms with Crippen molar-refractivity contribution in [1.29, 1.82) is 0 Å². The maximum Gasteiger partial charge on any atom is 0.0593 e. The van der Waals surface area contributed by atoms with Crippen molar-refractivity contribution in [1.82, 2.24) is 10.2 Å². The number of nitrogens with one attached hydrogen (secondary N) is 1. The lowest BCUT2D eigenvalue weighted by molar-refractivity contribution is 0.0336. The molecule has 1 atom stereocenters. The molecule has 18 heavy (non-hydrogen) atoms. The molecule has 0 aromatic heterocycles. The largest absolute Gasteiger partial charge is 0.385 e. The van der Waals surface area contributed by atoms with Crippen LogP contribution in [-0.4, -0.2) is 64.1 Å². The van der Waals surface area contributed by atoms with Crippen LogP contribution < -0.4 is 5.32 Å². The second-order valence-electron chi connectivity index (χ2n) is 6.08. The predicted octanol–water partition coefficient (Wildman–Crippen LogP) is 1.36. The molecule has 1 fully saturated rings. The zero-order valence-corrected chi connectivity index (χ0v) is 12.5. The van der Waals surface area contributed by atoms with Crippen LogP contribution >= 0.6 is 0 Å². The molecular formula is C14H30N2O2. The van der Waals surface area contributed by atoms with Crippen molar-refractivity contribution < 1.29 is 9.47 Å². The van der Waals surface area contributed by atoms with Gasteiger partial charge in [-0.15, -0.1) is 0 Å². The van der Waals surface area contributed by atoms with Gasteiger partial charge in [0, 0.05) is 52.5 Å². The summed E-state index contributed by atoms with van der Waals surface area (Å²) in [5.41, 5.74) is 0.323. The van der Waals surface area contributed by atoms with Crippen LogP contribution in [0.3, 0.4) is 0 Å². The minimum Gasteiger partial charge on any atom is -0.385 e. The molecule has 1 aliphatic rings. The van der Waals surface area contributed by atoms with Gasteiger partial charge in [-0.1, -0.05) is 20.8 Å². The van der Waals surface area contributed by atoms with E-state index in [1.165, 1.54) is 0 Å². The highest BCUT2D eigenvalue weighted by molar-refractivity contribution is 4.88. The van der Waals surface area contributed by atoms with Crippen LogP contribution in [-0.2, 0) is 9.47 Å². The average Bonchev–Trinajstić information content (AvgIpc) is 2.33. The van der Waals surface area contributed by atoms with Crippen LogP contribution in [0.25, 0.3) is 0 Å². The number of nitrogens with zero attached hydrogens (tertiary/aromatic N) is 1. The van der Waals surface area contributed by atoms with E-state index in [2.05, 4.69) is 31.0 Å². The Bertz CT molecular complexity index is 216. The van der Waals surface area contributed by atoms with Crippen molar-refractivity contribution in [3.05, 3.63) is 0 Å². The van der Waals surface area contributed by atoms with Crippen molar-refractivity contribution >= 4 is 0 Å². The highest BCUT2D eigenvalue weighted by Crippen LogP contribution is 2.25. The van der Waals surface area contributed by atoms with Crippen LogP contribution in [0.4, 0.5) is 0 Å². The maximum absolute atomic E-state index is 5.66. The Hall–Kier alpha value is -0.160. The first kappa shape index (κ1) is 15.9. The lowest BCUT2D eigenvalue weighted by Crippen LogP contribution is -2.57. The standard InChI is InChI=1S/C14H30N2O2/c1-14(2,3)13-12-15-6-7-16(13)8-11-18-10-5-9-17-4/h13,15H,5-12H2,1-4H3. The second kappa shape index (κ2) is 8.10. The lowest BCUT2D eigenvalue weighted by atomic mass is 9.84. The van der Waals surface area contributed by atoms with Gasteiger partial charge in [0.15, 0.2) is 0 Å². The highest BCUT2D eigenvalue weighted by atomic mass is 16.5. The third kappa shape index (κ3) is 5.65. The minimum atomic E-state index is 0.323. The lowest BCUT2D eigenvalue weighted by Gasteiger charge is -2.43. The summed E-state index contributed by atoms with van der Waals surface area (Å²) in [6, 6.07) is 0.605. The molecule has 0 spiro atoms. The summed E-state index contributed by atoms with van der Waals surface area (Å²) in [7, 11) is 1.73. The molecule has 0 radical (unpaired) electrons. The summed E-state index contributed by atoms with van der Waals surface area (Å²) >= 11 is 0. The molecule has 1 N–H and O–H groups in total. The van der Waals surface area contributed by atoms with Gasteiger partial charge in [-0.05, 0) is 11.8 Å². The number of ether oxygens (including phenoxy) is 2. The first-order valence-electron chi connectivity index (χ1n) is 7.07. The number of hydrogen-bond donors (Lipinski definition) is 1. The van der Waals surface area contributed by atoms with Crippen LogP contribution in [0.2, 0.25) is 0 Å². The third-order valence-corrected chi connectivity index (χ3v) is 3.51. The van der Waals surface area contributed by atoms with Crippen LogP contribution in [0, 0.1) is 5.41 Å². The molecular weight excluding hydrogens is 228 g/mol. The van der Waals surface area contributed by atoms with Crippen molar-refractivity contribution in [2.75, 3.05) is 53.1 Å². The number of piperazine rings is 1. The predicted molar refractivity (Wildman–Crippen MR) is 75.0 cm³/mol. The molecule has 4 nitrogen and oxygen atoms in total. The van der Waals surface area contributed by atoms with Crippen molar-refractivity contribution in [2.24, 2.45) is 5.41 Å². The van der Waals surface area contributed by atoms with Gasteiger partial charge in [0.25, 0.3) is 0 Å². The molecule has 1 aliphatic heterocycles. The van der Waals surface area contributed by atoms with Gasteiger partial charge in [0.2, 0.25) is 0 Å². The Morgan fingerprint density at radius 2 is 2.00 bits per heavy atom. The van der Waals surface area contributed by atoms with Crippen LogP contribution in [0.15, 0.2) is 0 Å². The molecule has 1 rings (SSSR count). The van der Waals surface area contributed by atoms with Crippen molar-refractivity contribution in [3.63, 3.8) is 0 Å². The van der Waals surface area contributed by atoms with E-state index in [-0.39, 0.29) is 0 Å². The van der Waals surface area contributed by atoms with E-state index in [0.29, 0.717) is 11.5 Å². The van der Waals surface area contributed by atoms with E-state index in [1.807, 2.05) is 0 Å². The van der Waals surface area contributed by atoms with Crippen molar-refractivity contribution in [3.8, 4) is 0 Å². The molecule has 108 valence electrons. The van der Waals surface area contributed by atoms with Crippen molar-refractivity contribution in [2.45, 2.75) is 33.2 Å². The van der Waals surface area contributed by atoms with Gasteiger partial charge in [0.1, 0.15) is 0 Å². The average molecular weight is 258 g/mol. The van der Waals surface area contributed by atoms with Crippen LogP contribution in [0.5, 0.6) is 0 Å². The first-order chi connectivity index (χ1) is 8.55. The summed E-state index contributed by atoms with van der Waals surface area (Å²) in [5.74, 6) is 0. The second-order valence-corrected chi connectivity index (χ2v) is 6.08. The zero-order chi connectivity index (χ0) is 13.4. The summed E-state index contributed by atoms with van der Waals surface area (Å²) < 4.78 is 10.7. The van der Waals surface area contributed by atoms with Gasteiger partial charge in [0.05, 0.1) is 6.61 Å². The van der Waals surface area contributed by atoms with Crippen LogP contribution in [0.1, 0.15) is 27.2 Å². The number of hydrogen-bond acceptors (Lipinski definition) is 4. The van der Waals surface area contributed by atoms with E-state index in [0.717, 1.165) is 52.4 Å². The van der Waals surface area contributed by atoms with Gasteiger partial charge in [-0.3, -0.25) is 4.90 Å². The molecule has 4 heteroatoms. The fourth-order valence-electron chi connectivity index (χ4n) is 2.46. The summed E-state index contributed by atoms with van der Waals surface area (Å²) in [6.45, 7) is 13.7. The van der Waals surface area contributed by atoms with E-state index in [1.54, 1.807) is 7.11 Å². The number of methoxy groups -OCH3 is 1. The molecule has 0 aromatic carbocycles. The number of rotatable bonds is 7. The summed E-state index contributed by atoms with van der Waals surface area (Å²) in [4.78, 5) is 2.56. The Kier molecular flexibility index (Phi) is 7.15. The van der Waals surface area contributed by atoms with E-state index < -0.39 is 0 Å². The molecule has 0 amide bonds. The Morgan fingerprint density at radius 3 is 2.67 bits per heavy atom. The molecule has 1 unspecified atom stereocenters. The zero-order valence-electron chi connectivity index (χ0n) is 12.5. The SMILES string of the molecule is COCCCOCCN1CCNCC1C(C)(C)C. The monoisotopic (exact) mass is 258 g/mol. The maximum atomic E-state index is 5.66. The van der Waals surface area contributed by atoms with E-state index in [9.17, 15) is 0 Å². The molecule has 0 saturated carbocycles. The minimum absolute atomic E-state index is 0.323. The molecule has 0 aliphatic carbocycles. The molecule has 1 heterocycles. The molecule has 1 saturated heterocycles.